The summed E-state index contributed by atoms with van der Waals surface area (Å²) in [5.41, 5.74) is 6.00. The summed E-state index contributed by atoms with van der Waals surface area (Å²) in [4.78, 5) is 13.0. The van der Waals surface area contributed by atoms with E-state index in [0.29, 0.717) is 24.4 Å². The molecule has 0 spiro atoms. The van der Waals surface area contributed by atoms with Crippen molar-refractivity contribution in [3.63, 3.8) is 0 Å². The van der Waals surface area contributed by atoms with Crippen molar-refractivity contribution in [2.75, 3.05) is 17.6 Å². The molecule has 0 saturated heterocycles. The summed E-state index contributed by atoms with van der Waals surface area (Å²) >= 11 is 7.78. The van der Waals surface area contributed by atoms with Gasteiger partial charge in [0.25, 0.3) is 5.91 Å². The molecule has 3 nitrogen and oxygen atoms in total. The van der Waals surface area contributed by atoms with E-state index in [1.807, 2.05) is 30.0 Å². The second kappa shape index (κ2) is 9.91. The van der Waals surface area contributed by atoms with Crippen LogP contribution < -0.4 is 10.6 Å². The molecule has 2 saturated carbocycles. The maximum atomic E-state index is 13.0. The lowest BCUT2D eigenvalue weighted by atomic mass is 9.68. The fourth-order valence-electron chi connectivity index (χ4n) is 6.73. The molecule has 1 amide bonds. The zero-order valence-electron chi connectivity index (χ0n) is 19.8. The Kier molecular flexibility index (Phi) is 6.51. The summed E-state index contributed by atoms with van der Waals surface area (Å²) in [7, 11) is 0. The van der Waals surface area contributed by atoms with Gasteiger partial charge in [0, 0.05) is 34.3 Å². The van der Waals surface area contributed by atoms with Crippen molar-refractivity contribution < 1.29 is 4.79 Å². The van der Waals surface area contributed by atoms with Gasteiger partial charge in [0.05, 0.1) is 6.04 Å². The van der Waals surface area contributed by atoms with E-state index < -0.39 is 0 Å². The Labute approximate surface area is 217 Å². The molecular formula is C30H31ClN2OS. The highest BCUT2D eigenvalue weighted by atomic mass is 35.5. The van der Waals surface area contributed by atoms with Crippen molar-refractivity contribution in [2.45, 2.75) is 37.0 Å². The van der Waals surface area contributed by atoms with Crippen LogP contribution in [0.15, 0.2) is 72.8 Å². The lowest BCUT2D eigenvalue weighted by Crippen LogP contribution is -2.35. The molecule has 2 bridgehead atoms. The number of carbonyl (C=O) groups excluding carboxylic acids is 1. The van der Waals surface area contributed by atoms with Crippen LogP contribution in [-0.4, -0.2) is 18.2 Å². The molecule has 1 heterocycles. The summed E-state index contributed by atoms with van der Waals surface area (Å²) in [6.07, 6.45) is 4.01. The van der Waals surface area contributed by atoms with Gasteiger partial charge >= 0.3 is 0 Å². The number of hydrogen-bond acceptors (Lipinski definition) is 3. The van der Waals surface area contributed by atoms with Crippen LogP contribution in [0.5, 0.6) is 0 Å². The van der Waals surface area contributed by atoms with Crippen LogP contribution in [0.25, 0.3) is 0 Å². The minimum absolute atomic E-state index is 0.0322. The zero-order valence-corrected chi connectivity index (χ0v) is 21.3. The van der Waals surface area contributed by atoms with Crippen molar-refractivity contribution in [1.29, 1.82) is 0 Å². The Bertz CT molecular complexity index is 1200. The molecule has 2 N–H and O–H groups in total. The van der Waals surface area contributed by atoms with Gasteiger partial charge in [-0.25, -0.2) is 0 Å². The quantitative estimate of drug-likeness (QED) is 0.333. The number of amides is 1. The molecule has 2 aliphatic carbocycles. The third-order valence-electron chi connectivity index (χ3n) is 8.22. The highest BCUT2D eigenvalue weighted by Gasteiger charge is 2.53. The molecular weight excluding hydrogens is 472 g/mol. The number of fused-ring (bicyclic) bond motifs is 7. The van der Waals surface area contributed by atoms with Crippen molar-refractivity contribution in [3.8, 4) is 0 Å². The summed E-state index contributed by atoms with van der Waals surface area (Å²) < 4.78 is 0. The predicted molar refractivity (Wildman–Crippen MR) is 146 cm³/mol. The molecule has 6 rings (SSSR count). The number of nitrogens with one attached hydrogen (secondary N) is 2. The number of hydrogen-bond donors (Lipinski definition) is 2. The molecule has 35 heavy (non-hydrogen) atoms. The number of anilines is 1. The first-order valence-electron chi connectivity index (χ1n) is 12.7. The number of halogens is 1. The zero-order chi connectivity index (χ0) is 23.8. The topological polar surface area (TPSA) is 41.1 Å². The highest BCUT2D eigenvalue weighted by molar-refractivity contribution is 7.98. The Balaban J connectivity index is 1.13. The summed E-state index contributed by atoms with van der Waals surface area (Å²) in [5, 5.41) is 7.76. The smallest absolute Gasteiger partial charge is 0.251 e. The van der Waals surface area contributed by atoms with E-state index in [1.165, 1.54) is 41.6 Å². The molecule has 180 valence electrons. The van der Waals surface area contributed by atoms with Crippen molar-refractivity contribution in [1.82, 2.24) is 5.32 Å². The average Bonchev–Trinajstić information content (AvgIpc) is 3.52. The number of carbonyl (C=O) groups is 1. The predicted octanol–water partition coefficient (Wildman–Crippen LogP) is 7.30. The van der Waals surface area contributed by atoms with Crippen LogP contribution in [0, 0.1) is 17.8 Å². The van der Waals surface area contributed by atoms with E-state index in [1.54, 1.807) is 0 Å². The van der Waals surface area contributed by atoms with E-state index in [9.17, 15) is 4.79 Å². The van der Waals surface area contributed by atoms with E-state index in [2.05, 4.69) is 65.2 Å². The van der Waals surface area contributed by atoms with Crippen LogP contribution in [0.4, 0.5) is 5.69 Å². The van der Waals surface area contributed by atoms with Crippen molar-refractivity contribution >= 4 is 35.0 Å². The van der Waals surface area contributed by atoms with Gasteiger partial charge in [-0.2, -0.15) is 11.8 Å². The monoisotopic (exact) mass is 502 g/mol. The van der Waals surface area contributed by atoms with Crippen molar-refractivity contribution in [2.24, 2.45) is 17.8 Å². The number of benzene rings is 3. The molecule has 1 aliphatic heterocycles. The lowest BCUT2D eigenvalue weighted by Gasteiger charge is -2.43. The fourth-order valence-corrected chi connectivity index (χ4v) is 7.67. The largest absolute Gasteiger partial charge is 0.378 e. The molecule has 5 heteroatoms. The highest BCUT2D eigenvalue weighted by Crippen LogP contribution is 2.63. The first-order chi connectivity index (χ1) is 17.2. The summed E-state index contributed by atoms with van der Waals surface area (Å²) in [6, 6.07) is 25.5. The summed E-state index contributed by atoms with van der Waals surface area (Å²) in [6.45, 7) is 0.666. The molecule has 2 fully saturated rings. The Hall–Kier alpha value is -2.43. The van der Waals surface area contributed by atoms with Gasteiger partial charge in [0.1, 0.15) is 0 Å². The fraction of sp³-hybridized carbons (Fsp3) is 0.367. The van der Waals surface area contributed by atoms with E-state index in [-0.39, 0.29) is 5.91 Å². The molecule has 0 aromatic heterocycles. The van der Waals surface area contributed by atoms with E-state index >= 15 is 0 Å². The molecule has 5 atom stereocenters. The molecule has 0 radical (unpaired) electrons. The van der Waals surface area contributed by atoms with Gasteiger partial charge in [-0.05, 0) is 90.0 Å². The lowest BCUT2D eigenvalue weighted by molar-refractivity contribution is 0.0956. The van der Waals surface area contributed by atoms with Gasteiger partial charge in [0.15, 0.2) is 0 Å². The normalized spacial score (nSPS) is 26.0. The molecule has 3 aromatic carbocycles. The Morgan fingerprint density at radius 1 is 1.00 bits per heavy atom. The maximum Gasteiger partial charge on any atom is 0.251 e. The van der Waals surface area contributed by atoms with E-state index in [4.69, 9.17) is 11.6 Å². The van der Waals surface area contributed by atoms with Gasteiger partial charge in [0.2, 0.25) is 0 Å². The maximum absolute atomic E-state index is 13.0. The van der Waals surface area contributed by atoms with Crippen LogP contribution in [0.1, 0.15) is 58.3 Å². The molecule has 3 aromatic rings. The van der Waals surface area contributed by atoms with Gasteiger partial charge < -0.3 is 10.6 Å². The first-order valence-corrected chi connectivity index (χ1v) is 14.3. The van der Waals surface area contributed by atoms with Gasteiger partial charge in [-0.15, -0.1) is 0 Å². The second-order valence-corrected chi connectivity index (χ2v) is 11.7. The van der Waals surface area contributed by atoms with Gasteiger partial charge in [-0.1, -0.05) is 54.1 Å². The Morgan fingerprint density at radius 2 is 1.80 bits per heavy atom. The van der Waals surface area contributed by atoms with Crippen molar-refractivity contribution in [3.05, 3.63) is 100 Å². The van der Waals surface area contributed by atoms with Crippen LogP contribution in [-0.2, 0) is 5.75 Å². The minimum atomic E-state index is 0.0322. The number of thioether (sulfide) groups is 1. The van der Waals surface area contributed by atoms with Crippen LogP contribution in [0.2, 0.25) is 5.02 Å². The van der Waals surface area contributed by atoms with Gasteiger partial charge in [-0.3, -0.25) is 4.79 Å². The Morgan fingerprint density at radius 3 is 2.63 bits per heavy atom. The third kappa shape index (κ3) is 4.59. The third-order valence-corrected chi connectivity index (χ3v) is 9.50. The first kappa shape index (κ1) is 23.0. The second-order valence-electron chi connectivity index (χ2n) is 10.2. The minimum Gasteiger partial charge on any atom is -0.378 e. The van der Waals surface area contributed by atoms with E-state index in [0.717, 1.165) is 33.9 Å². The standard InChI is InChI=1S/C30H31ClN2OS/c31-24-11-6-19(7-12-24)18-35-15-14-32-30(34)23-10-13-26-25(17-23)27-21-8-9-22(16-21)28(27)29(33-26)20-4-2-1-3-5-20/h1-7,10-13,17,21-22,27-29,33H,8-9,14-16,18H2,(H,32,34). The summed E-state index contributed by atoms with van der Waals surface area (Å²) in [5.74, 6) is 4.54. The average molecular weight is 503 g/mol. The van der Waals surface area contributed by atoms with Crippen LogP contribution in [0.3, 0.4) is 0 Å². The SMILES string of the molecule is O=C(NCCSCc1ccc(Cl)cc1)c1ccc2c(c1)C1C3CCC(C3)C1C(c1ccccc1)N2. The molecule has 3 aliphatic rings. The molecule has 5 unspecified atom stereocenters. The van der Waals surface area contributed by atoms with Crippen LogP contribution >= 0.6 is 23.4 Å². The number of rotatable bonds is 7.